The van der Waals surface area contributed by atoms with Crippen LogP contribution in [0, 0.1) is 0 Å². The number of fused-ring (bicyclic) bond motifs is 1. The van der Waals surface area contributed by atoms with Crippen LogP contribution in [0.3, 0.4) is 0 Å². The summed E-state index contributed by atoms with van der Waals surface area (Å²) in [7, 11) is 0. The SMILES string of the molecule is O=c1oc2ccccc2c(-c2cccs2)c1-c1ccc(Br)cc1. The zero-order valence-corrected chi connectivity index (χ0v) is 14.4. The Morgan fingerprint density at radius 1 is 0.870 bits per heavy atom. The lowest BCUT2D eigenvalue weighted by Gasteiger charge is -2.10. The molecule has 0 saturated carbocycles. The highest BCUT2D eigenvalue weighted by Crippen LogP contribution is 2.38. The number of para-hydroxylation sites is 1. The van der Waals surface area contributed by atoms with Gasteiger partial charge in [0, 0.05) is 20.3 Å². The Labute approximate surface area is 145 Å². The van der Waals surface area contributed by atoms with E-state index in [1.807, 2.05) is 66.0 Å². The van der Waals surface area contributed by atoms with Crippen LogP contribution in [-0.2, 0) is 0 Å². The topological polar surface area (TPSA) is 30.2 Å². The molecule has 2 nitrogen and oxygen atoms in total. The van der Waals surface area contributed by atoms with E-state index in [0.717, 1.165) is 25.9 Å². The molecule has 2 aromatic heterocycles. The van der Waals surface area contributed by atoms with Gasteiger partial charge in [-0.15, -0.1) is 11.3 Å². The van der Waals surface area contributed by atoms with Crippen LogP contribution >= 0.6 is 27.3 Å². The van der Waals surface area contributed by atoms with Gasteiger partial charge in [-0.25, -0.2) is 4.79 Å². The summed E-state index contributed by atoms with van der Waals surface area (Å²) in [5.74, 6) is 0. The molecular formula is C19H11BrO2S. The van der Waals surface area contributed by atoms with Crippen LogP contribution < -0.4 is 5.63 Å². The number of hydrogen-bond donors (Lipinski definition) is 0. The molecule has 23 heavy (non-hydrogen) atoms. The van der Waals surface area contributed by atoms with E-state index in [-0.39, 0.29) is 5.63 Å². The van der Waals surface area contributed by atoms with Crippen molar-refractivity contribution in [3.05, 3.63) is 80.9 Å². The zero-order valence-electron chi connectivity index (χ0n) is 12.0. The maximum absolute atomic E-state index is 12.7. The van der Waals surface area contributed by atoms with Gasteiger partial charge in [-0.05, 0) is 35.2 Å². The molecule has 4 heteroatoms. The van der Waals surface area contributed by atoms with Crippen molar-refractivity contribution < 1.29 is 4.42 Å². The Bertz CT molecular complexity index is 1030. The molecule has 0 unspecified atom stereocenters. The standard InChI is InChI=1S/C19H11BrO2S/c20-13-9-7-12(8-10-13)17-18(16-6-3-11-23-16)14-4-1-2-5-15(14)22-19(17)21/h1-11H. The lowest BCUT2D eigenvalue weighted by Crippen LogP contribution is -2.05. The highest BCUT2D eigenvalue weighted by atomic mass is 79.9. The molecule has 0 saturated heterocycles. The summed E-state index contributed by atoms with van der Waals surface area (Å²) in [6.45, 7) is 0. The van der Waals surface area contributed by atoms with Gasteiger partial charge in [-0.3, -0.25) is 0 Å². The van der Waals surface area contributed by atoms with Crippen LogP contribution in [0.1, 0.15) is 0 Å². The molecule has 4 rings (SSSR count). The highest BCUT2D eigenvalue weighted by molar-refractivity contribution is 9.10. The number of halogens is 1. The molecule has 112 valence electrons. The van der Waals surface area contributed by atoms with Crippen LogP contribution in [0.2, 0.25) is 0 Å². The molecule has 0 amide bonds. The molecule has 0 radical (unpaired) electrons. The Balaban J connectivity index is 2.14. The minimum absolute atomic E-state index is 0.311. The largest absolute Gasteiger partial charge is 0.422 e. The van der Waals surface area contributed by atoms with Crippen molar-refractivity contribution in [2.45, 2.75) is 0 Å². The van der Waals surface area contributed by atoms with E-state index in [0.29, 0.717) is 11.1 Å². The van der Waals surface area contributed by atoms with Crippen molar-refractivity contribution >= 4 is 38.2 Å². The third-order valence-electron chi connectivity index (χ3n) is 3.71. The number of rotatable bonds is 2. The van der Waals surface area contributed by atoms with E-state index in [2.05, 4.69) is 15.9 Å². The lowest BCUT2D eigenvalue weighted by atomic mass is 9.97. The number of hydrogen-bond acceptors (Lipinski definition) is 3. The first-order valence-corrected chi connectivity index (χ1v) is 8.77. The van der Waals surface area contributed by atoms with Gasteiger partial charge in [-0.2, -0.15) is 0 Å². The van der Waals surface area contributed by atoms with Crippen LogP contribution in [0.5, 0.6) is 0 Å². The number of thiophene rings is 1. The van der Waals surface area contributed by atoms with Gasteiger partial charge in [0.1, 0.15) is 5.58 Å². The maximum Gasteiger partial charge on any atom is 0.344 e. The Hall–Kier alpha value is -2.17. The van der Waals surface area contributed by atoms with Crippen LogP contribution in [0.4, 0.5) is 0 Å². The Kier molecular flexibility index (Phi) is 3.63. The summed E-state index contributed by atoms with van der Waals surface area (Å²) >= 11 is 5.06. The van der Waals surface area contributed by atoms with Gasteiger partial charge in [0.2, 0.25) is 0 Å². The lowest BCUT2D eigenvalue weighted by molar-refractivity contribution is 0.564. The van der Waals surface area contributed by atoms with Gasteiger partial charge < -0.3 is 4.42 Å². The second-order valence-electron chi connectivity index (χ2n) is 5.12. The molecule has 0 aliphatic carbocycles. The minimum Gasteiger partial charge on any atom is -0.422 e. The fourth-order valence-corrected chi connectivity index (χ4v) is 3.76. The predicted molar refractivity (Wildman–Crippen MR) is 98.9 cm³/mol. The van der Waals surface area contributed by atoms with Crippen molar-refractivity contribution in [2.75, 3.05) is 0 Å². The van der Waals surface area contributed by atoms with Crippen LogP contribution in [0.25, 0.3) is 32.5 Å². The van der Waals surface area contributed by atoms with Crippen molar-refractivity contribution in [2.24, 2.45) is 0 Å². The van der Waals surface area contributed by atoms with Crippen molar-refractivity contribution in [3.8, 4) is 21.6 Å². The minimum atomic E-state index is -0.311. The second kappa shape index (κ2) is 5.80. The molecule has 0 bridgehead atoms. The third-order valence-corrected chi connectivity index (χ3v) is 5.13. The zero-order chi connectivity index (χ0) is 15.8. The fraction of sp³-hybridized carbons (Fsp3) is 0. The predicted octanol–water partition coefficient (Wildman–Crippen LogP) is 5.95. The van der Waals surface area contributed by atoms with Gasteiger partial charge in [-0.1, -0.05) is 52.3 Å². The first-order valence-electron chi connectivity index (χ1n) is 7.10. The molecule has 4 aromatic rings. The molecule has 0 aliphatic heterocycles. The average molecular weight is 383 g/mol. The normalized spacial score (nSPS) is 11.0. The van der Waals surface area contributed by atoms with Crippen molar-refractivity contribution in [1.82, 2.24) is 0 Å². The summed E-state index contributed by atoms with van der Waals surface area (Å²) in [6, 6.07) is 19.4. The van der Waals surface area contributed by atoms with Gasteiger partial charge in [0.05, 0.1) is 5.56 Å². The first kappa shape index (κ1) is 14.4. The summed E-state index contributed by atoms with van der Waals surface area (Å²) in [4.78, 5) is 13.7. The van der Waals surface area contributed by atoms with Crippen molar-refractivity contribution in [3.63, 3.8) is 0 Å². The first-order chi connectivity index (χ1) is 11.2. The molecule has 2 aromatic carbocycles. The summed E-state index contributed by atoms with van der Waals surface area (Å²) in [5.41, 5.74) is 2.71. The Morgan fingerprint density at radius 3 is 2.39 bits per heavy atom. The quantitative estimate of drug-likeness (QED) is 0.401. The van der Waals surface area contributed by atoms with Crippen molar-refractivity contribution in [1.29, 1.82) is 0 Å². The summed E-state index contributed by atoms with van der Waals surface area (Å²) < 4.78 is 6.53. The van der Waals surface area contributed by atoms with Gasteiger partial charge >= 0.3 is 5.63 Å². The molecule has 0 atom stereocenters. The molecule has 0 spiro atoms. The van der Waals surface area contributed by atoms with Gasteiger partial charge in [0.15, 0.2) is 0 Å². The van der Waals surface area contributed by atoms with E-state index in [1.54, 1.807) is 11.3 Å². The molecule has 2 heterocycles. The molecule has 0 fully saturated rings. The van der Waals surface area contributed by atoms with E-state index < -0.39 is 0 Å². The van der Waals surface area contributed by atoms with E-state index in [9.17, 15) is 4.79 Å². The summed E-state index contributed by atoms with van der Waals surface area (Å²) in [5, 5.41) is 2.97. The number of benzene rings is 2. The molecule has 0 aliphatic rings. The van der Waals surface area contributed by atoms with E-state index in [1.165, 1.54) is 0 Å². The van der Waals surface area contributed by atoms with Crippen LogP contribution in [0.15, 0.2) is 79.7 Å². The molecule has 0 N–H and O–H groups in total. The van der Waals surface area contributed by atoms with E-state index >= 15 is 0 Å². The Morgan fingerprint density at radius 2 is 1.65 bits per heavy atom. The highest BCUT2D eigenvalue weighted by Gasteiger charge is 2.18. The summed E-state index contributed by atoms with van der Waals surface area (Å²) in [6.07, 6.45) is 0. The average Bonchev–Trinajstić information content (AvgIpc) is 3.09. The fourth-order valence-electron chi connectivity index (χ4n) is 2.71. The van der Waals surface area contributed by atoms with E-state index in [4.69, 9.17) is 4.42 Å². The maximum atomic E-state index is 12.7. The van der Waals surface area contributed by atoms with Gasteiger partial charge in [0.25, 0.3) is 0 Å². The van der Waals surface area contributed by atoms with Crippen LogP contribution in [-0.4, -0.2) is 0 Å². The monoisotopic (exact) mass is 382 g/mol. The second-order valence-corrected chi connectivity index (χ2v) is 6.98. The smallest absolute Gasteiger partial charge is 0.344 e. The third kappa shape index (κ3) is 2.54. The molecular weight excluding hydrogens is 372 g/mol.